The fourth-order valence-electron chi connectivity index (χ4n) is 0.474. The average molecular weight is 766 g/mol. The molecular formula is C6H15Au2O12P3. The van der Waals surface area contributed by atoms with Crippen LogP contribution >= 0.6 is 23.5 Å². The first-order chi connectivity index (χ1) is 9.18. The van der Waals surface area contributed by atoms with Crippen molar-refractivity contribution in [3.8, 4) is 0 Å². The van der Waals surface area contributed by atoms with Gasteiger partial charge < -0.3 is 56.6 Å². The Morgan fingerprint density at radius 2 is 0.696 bits per heavy atom. The molecule has 0 radical (unpaired) electrons. The Kier molecular flexibility index (Phi) is 29.0. The minimum absolute atomic E-state index is 0. The second-order valence-corrected chi connectivity index (χ2v) is 6.05. The normalized spacial score (nSPS) is 10.8. The van der Waals surface area contributed by atoms with E-state index in [1.807, 2.05) is 0 Å². The van der Waals surface area contributed by atoms with Crippen LogP contribution in [0.25, 0.3) is 0 Å². The monoisotopic (exact) mass is 766 g/mol. The molecule has 0 aromatic carbocycles. The van der Waals surface area contributed by atoms with Crippen molar-refractivity contribution in [2.24, 2.45) is 0 Å². The second-order valence-electron chi connectivity index (χ2n) is 2.59. The topological polar surface area (TPSA) is 217 Å². The molecule has 0 aromatic rings. The minimum Gasteiger partial charge on any atom is -0.790 e. The molecule has 0 aliphatic heterocycles. The Labute approximate surface area is 165 Å². The summed E-state index contributed by atoms with van der Waals surface area (Å²) in [6.45, 7) is 4.06. The van der Waals surface area contributed by atoms with Gasteiger partial charge in [0, 0.05) is 19.8 Å². The van der Waals surface area contributed by atoms with Crippen LogP contribution in [0.1, 0.15) is 20.8 Å². The molecule has 0 spiro atoms. The molecule has 0 saturated carbocycles. The molecule has 17 heteroatoms. The molecular weight excluding hydrogens is 751 g/mol. The van der Waals surface area contributed by atoms with Gasteiger partial charge in [0.25, 0.3) is 0 Å². The quantitative estimate of drug-likeness (QED) is 0.191. The van der Waals surface area contributed by atoms with Crippen LogP contribution in [0.5, 0.6) is 0 Å². The fraction of sp³-hybridized carbons (Fsp3) is 1.00. The maximum absolute atomic E-state index is 9.48. The van der Waals surface area contributed by atoms with Crippen molar-refractivity contribution in [2.45, 2.75) is 20.8 Å². The Morgan fingerprint density at radius 3 is 0.696 bits per heavy atom. The largest absolute Gasteiger partial charge is 3.00 e. The maximum Gasteiger partial charge on any atom is 3.00 e. The van der Waals surface area contributed by atoms with Gasteiger partial charge in [-0.25, -0.2) is 0 Å². The van der Waals surface area contributed by atoms with E-state index in [1.54, 1.807) is 0 Å². The van der Waals surface area contributed by atoms with Gasteiger partial charge in [0.05, 0.1) is 23.5 Å². The summed E-state index contributed by atoms with van der Waals surface area (Å²) in [5.74, 6) is 0. The zero-order valence-electron chi connectivity index (χ0n) is 12.0. The van der Waals surface area contributed by atoms with Gasteiger partial charge in [0.15, 0.2) is 0 Å². The van der Waals surface area contributed by atoms with Gasteiger partial charge in [-0.05, 0) is 20.8 Å². The van der Waals surface area contributed by atoms with E-state index in [0.29, 0.717) is 0 Å². The zero-order chi connectivity index (χ0) is 17.7. The van der Waals surface area contributed by atoms with E-state index >= 15 is 0 Å². The molecule has 0 heterocycles. The molecule has 0 unspecified atom stereocenters. The molecule has 0 N–H and O–H groups in total. The first-order valence-electron chi connectivity index (χ1n) is 5.18. The van der Waals surface area contributed by atoms with Gasteiger partial charge in [0.2, 0.25) is 0 Å². The van der Waals surface area contributed by atoms with Crippen LogP contribution in [0, 0.1) is 0 Å². The summed E-state index contributed by atoms with van der Waals surface area (Å²) < 4.78 is 39.5. The summed E-state index contributed by atoms with van der Waals surface area (Å²) in [6.07, 6.45) is 0. The Morgan fingerprint density at radius 1 is 0.565 bits per heavy atom. The number of hydrogen-bond donors (Lipinski definition) is 0. The molecule has 148 valence electrons. The van der Waals surface area contributed by atoms with E-state index in [2.05, 4.69) is 13.6 Å². The smallest absolute Gasteiger partial charge is 0.790 e. The van der Waals surface area contributed by atoms with Crippen molar-refractivity contribution < 1.29 is 101 Å². The summed E-state index contributed by atoms with van der Waals surface area (Å²) >= 11 is 0. The van der Waals surface area contributed by atoms with Crippen LogP contribution in [0.4, 0.5) is 0 Å². The number of hydrogen-bond acceptors (Lipinski definition) is 12. The van der Waals surface area contributed by atoms with E-state index in [-0.39, 0.29) is 64.6 Å². The van der Waals surface area contributed by atoms with E-state index in [9.17, 15) is 43.1 Å². The number of phosphoric ester groups is 3. The van der Waals surface area contributed by atoms with Crippen LogP contribution in [-0.2, 0) is 72.0 Å². The van der Waals surface area contributed by atoms with Crippen molar-refractivity contribution in [3.05, 3.63) is 0 Å². The van der Waals surface area contributed by atoms with Crippen LogP contribution in [-0.4, -0.2) is 19.8 Å². The van der Waals surface area contributed by atoms with Gasteiger partial charge >= 0.3 is 44.8 Å². The predicted octanol–water partition coefficient (Wildman–Crippen LogP) is -3.45. The van der Waals surface area contributed by atoms with E-state index in [4.69, 9.17) is 0 Å². The van der Waals surface area contributed by atoms with Crippen LogP contribution < -0.4 is 29.4 Å². The average Bonchev–Trinajstić information content (AvgIpc) is 2.12. The van der Waals surface area contributed by atoms with E-state index in [0.717, 1.165) is 0 Å². The van der Waals surface area contributed by atoms with Crippen molar-refractivity contribution >= 4 is 23.5 Å². The molecule has 0 fully saturated rings. The predicted molar refractivity (Wildman–Crippen MR) is 57.7 cm³/mol. The Balaban J connectivity index is -0.0000000675. The van der Waals surface area contributed by atoms with Crippen molar-refractivity contribution in [1.82, 2.24) is 0 Å². The first kappa shape index (κ1) is 35.8. The summed E-state index contributed by atoms with van der Waals surface area (Å²) in [5, 5.41) is 0. The standard InChI is InChI=1S/3C2H7O4P.2Au/c3*1-2-6-7(3,4)5;;/h3*2H2,1H3,(H2,3,4,5);;/q;;;2*+3/p-6. The second kappa shape index (κ2) is 18.6. The van der Waals surface area contributed by atoms with Crippen LogP contribution in [0.3, 0.4) is 0 Å². The molecule has 23 heavy (non-hydrogen) atoms. The van der Waals surface area contributed by atoms with Crippen molar-refractivity contribution in [2.75, 3.05) is 19.8 Å². The molecule has 0 aliphatic carbocycles. The van der Waals surface area contributed by atoms with E-state index in [1.165, 1.54) is 20.8 Å². The molecule has 0 aromatic heterocycles. The third-order valence-corrected chi connectivity index (χ3v) is 2.58. The van der Waals surface area contributed by atoms with Gasteiger partial charge in [-0.3, -0.25) is 0 Å². The molecule has 12 nitrogen and oxygen atoms in total. The van der Waals surface area contributed by atoms with Crippen molar-refractivity contribution in [3.63, 3.8) is 0 Å². The van der Waals surface area contributed by atoms with E-state index < -0.39 is 23.5 Å². The van der Waals surface area contributed by atoms with Gasteiger partial charge in [-0.2, -0.15) is 0 Å². The van der Waals surface area contributed by atoms with Crippen LogP contribution in [0.15, 0.2) is 0 Å². The zero-order valence-corrected chi connectivity index (χ0v) is 19.0. The van der Waals surface area contributed by atoms with Gasteiger partial charge in [-0.15, -0.1) is 0 Å². The number of rotatable bonds is 6. The molecule has 0 rings (SSSR count). The first-order valence-corrected chi connectivity index (χ1v) is 9.56. The molecule has 0 atom stereocenters. The fourth-order valence-corrected chi connectivity index (χ4v) is 1.42. The SMILES string of the molecule is CCOP(=O)([O-])[O-].CCOP(=O)([O-])[O-].CCOP(=O)([O-])[O-].[Au+3].[Au+3]. The maximum atomic E-state index is 9.48. The van der Waals surface area contributed by atoms with Gasteiger partial charge in [-0.1, -0.05) is 0 Å². The molecule has 0 saturated heterocycles. The Bertz CT molecular complexity index is 318. The molecule has 0 bridgehead atoms. The third-order valence-electron chi connectivity index (χ3n) is 0.862. The van der Waals surface area contributed by atoms with Crippen molar-refractivity contribution in [1.29, 1.82) is 0 Å². The number of phosphoric acid groups is 3. The molecule has 0 amide bonds. The Hall–Kier alpha value is 1.81. The summed E-state index contributed by atoms with van der Waals surface area (Å²) in [5.41, 5.74) is 0. The van der Waals surface area contributed by atoms with Crippen LogP contribution in [0.2, 0.25) is 0 Å². The minimum atomic E-state index is -4.67. The third kappa shape index (κ3) is 59.4. The van der Waals surface area contributed by atoms with Gasteiger partial charge in [0.1, 0.15) is 0 Å². The summed E-state index contributed by atoms with van der Waals surface area (Å²) in [4.78, 5) is 56.9. The molecule has 0 aliphatic rings. The summed E-state index contributed by atoms with van der Waals surface area (Å²) in [7, 11) is -14.0. The summed E-state index contributed by atoms with van der Waals surface area (Å²) in [6, 6.07) is 0.